The maximum Gasteiger partial charge on any atom is 0.317 e. The summed E-state index contributed by atoms with van der Waals surface area (Å²) in [7, 11) is 0. The van der Waals surface area contributed by atoms with Crippen LogP contribution in [0.15, 0.2) is 24.3 Å². The number of nitrogens with one attached hydrogen (secondary N) is 1. The topological polar surface area (TPSA) is 69.6 Å². The number of rotatable bonds is 4. The molecule has 1 aromatic rings. The third-order valence-corrected chi connectivity index (χ3v) is 3.98. The summed E-state index contributed by atoms with van der Waals surface area (Å²) in [5.41, 5.74) is 0.694. The Morgan fingerprint density at radius 1 is 1.38 bits per heavy atom. The number of aliphatic carboxylic acids is 1. The number of carboxylic acids is 1. The average molecular weight is 294 g/mol. The standard InChI is InChI=1S/C15H19FN2O3/c1-9(14(19)20)12-7-18(8-12)15(21)17-10(2)11-4-3-5-13(16)6-11/h3-6,9-10,12H,7-8H2,1-2H3,(H,17,21)(H,19,20). The lowest BCUT2D eigenvalue weighted by atomic mass is 9.87. The van der Waals surface area contributed by atoms with E-state index in [2.05, 4.69) is 5.32 Å². The molecule has 2 amide bonds. The number of hydrogen-bond donors (Lipinski definition) is 2. The summed E-state index contributed by atoms with van der Waals surface area (Å²) in [5, 5.41) is 11.7. The number of amides is 2. The highest BCUT2D eigenvalue weighted by Crippen LogP contribution is 2.24. The predicted octanol–water partition coefficient (Wildman–Crippen LogP) is 2.25. The normalized spacial score (nSPS) is 17.8. The van der Waals surface area contributed by atoms with Crippen LogP contribution in [0.1, 0.15) is 25.5 Å². The van der Waals surface area contributed by atoms with E-state index in [1.54, 1.807) is 30.9 Å². The van der Waals surface area contributed by atoms with Gasteiger partial charge in [0.05, 0.1) is 12.0 Å². The fourth-order valence-electron chi connectivity index (χ4n) is 2.33. The van der Waals surface area contributed by atoms with Crippen molar-refractivity contribution in [3.63, 3.8) is 0 Å². The lowest BCUT2D eigenvalue weighted by Gasteiger charge is -2.41. The lowest BCUT2D eigenvalue weighted by Crippen LogP contribution is -2.56. The monoisotopic (exact) mass is 294 g/mol. The van der Waals surface area contributed by atoms with E-state index in [4.69, 9.17) is 5.11 Å². The summed E-state index contributed by atoms with van der Waals surface area (Å²) < 4.78 is 13.1. The SMILES string of the molecule is CC(NC(=O)N1CC(C(C)C(=O)O)C1)c1cccc(F)c1. The Hall–Kier alpha value is -2.11. The van der Waals surface area contributed by atoms with Gasteiger partial charge < -0.3 is 15.3 Å². The zero-order valence-corrected chi connectivity index (χ0v) is 12.0. The zero-order valence-electron chi connectivity index (χ0n) is 12.0. The summed E-state index contributed by atoms with van der Waals surface area (Å²) in [6, 6.07) is 5.53. The van der Waals surface area contributed by atoms with Crippen LogP contribution < -0.4 is 5.32 Å². The minimum atomic E-state index is -0.840. The number of hydrogen-bond acceptors (Lipinski definition) is 2. The van der Waals surface area contributed by atoms with Crippen molar-refractivity contribution in [3.05, 3.63) is 35.6 Å². The van der Waals surface area contributed by atoms with Crippen LogP contribution in [0.2, 0.25) is 0 Å². The van der Waals surface area contributed by atoms with Crippen molar-refractivity contribution < 1.29 is 19.1 Å². The number of carbonyl (C=O) groups excluding carboxylic acids is 1. The summed E-state index contributed by atoms with van der Waals surface area (Å²) in [6.45, 7) is 4.31. The number of carbonyl (C=O) groups is 2. The molecule has 2 rings (SSSR count). The summed E-state index contributed by atoms with van der Waals surface area (Å²) >= 11 is 0. The molecule has 1 heterocycles. The third kappa shape index (κ3) is 3.51. The second kappa shape index (κ2) is 6.11. The number of carboxylic acid groups (broad SMARTS) is 1. The Labute approximate surface area is 122 Å². The molecular weight excluding hydrogens is 275 g/mol. The van der Waals surface area contributed by atoms with Crippen molar-refractivity contribution in [3.8, 4) is 0 Å². The van der Waals surface area contributed by atoms with Gasteiger partial charge in [-0.05, 0) is 24.6 Å². The van der Waals surface area contributed by atoms with Crippen LogP contribution in [0.4, 0.5) is 9.18 Å². The molecule has 2 N–H and O–H groups in total. The number of likely N-dealkylation sites (tertiary alicyclic amines) is 1. The van der Waals surface area contributed by atoms with E-state index in [1.165, 1.54) is 12.1 Å². The van der Waals surface area contributed by atoms with Gasteiger partial charge in [-0.25, -0.2) is 9.18 Å². The molecule has 114 valence electrons. The number of urea groups is 1. The number of nitrogens with zero attached hydrogens (tertiary/aromatic N) is 1. The van der Waals surface area contributed by atoms with E-state index in [0.29, 0.717) is 18.7 Å². The Kier molecular flexibility index (Phi) is 4.45. The van der Waals surface area contributed by atoms with Gasteiger partial charge >= 0.3 is 12.0 Å². The van der Waals surface area contributed by atoms with Crippen molar-refractivity contribution in [2.45, 2.75) is 19.9 Å². The Balaban J connectivity index is 1.85. The van der Waals surface area contributed by atoms with E-state index in [9.17, 15) is 14.0 Å². The second-order valence-electron chi connectivity index (χ2n) is 5.52. The highest BCUT2D eigenvalue weighted by molar-refractivity contribution is 5.76. The molecule has 21 heavy (non-hydrogen) atoms. The summed E-state index contributed by atoms with van der Waals surface area (Å²) in [6.07, 6.45) is 0. The van der Waals surface area contributed by atoms with E-state index in [0.717, 1.165) is 0 Å². The molecule has 2 atom stereocenters. The van der Waals surface area contributed by atoms with Gasteiger partial charge in [-0.15, -0.1) is 0 Å². The van der Waals surface area contributed by atoms with Gasteiger partial charge in [-0.2, -0.15) is 0 Å². The Morgan fingerprint density at radius 2 is 2.05 bits per heavy atom. The highest BCUT2D eigenvalue weighted by atomic mass is 19.1. The minimum absolute atomic E-state index is 0.00211. The molecule has 0 aromatic heterocycles. The molecule has 6 heteroatoms. The van der Waals surface area contributed by atoms with Crippen LogP contribution in [0, 0.1) is 17.7 Å². The van der Waals surface area contributed by atoms with Crippen LogP contribution in [0.5, 0.6) is 0 Å². The summed E-state index contributed by atoms with van der Waals surface area (Å²) in [4.78, 5) is 24.4. The van der Waals surface area contributed by atoms with Gasteiger partial charge in [0, 0.05) is 19.0 Å². The average Bonchev–Trinajstić information content (AvgIpc) is 2.36. The first-order chi connectivity index (χ1) is 9.88. The molecule has 1 aromatic carbocycles. The molecule has 0 bridgehead atoms. The highest BCUT2D eigenvalue weighted by Gasteiger charge is 2.37. The van der Waals surface area contributed by atoms with Crippen LogP contribution in [0.3, 0.4) is 0 Å². The molecule has 1 fully saturated rings. The molecule has 0 saturated carbocycles. The van der Waals surface area contributed by atoms with Crippen molar-refractivity contribution in [1.82, 2.24) is 10.2 Å². The van der Waals surface area contributed by atoms with E-state index in [-0.39, 0.29) is 23.8 Å². The smallest absolute Gasteiger partial charge is 0.317 e. The fourth-order valence-corrected chi connectivity index (χ4v) is 2.33. The fraction of sp³-hybridized carbons (Fsp3) is 0.467. The quantitative estimate of drug-likeness (QED) is 0.895. The van der Waals surface area contributed by atoms with Crippen molar-refractivity contribution in [2.24, 2.45) is 11.8 Å². The van der Waals surface area contributed by atoms with Gasteiger partial charge in [-0.1, -0.05) is 19.1 Å². The number of halogens is 1. The van der Waals surface area contributed by atoms with Crippen LogP contribution in [0.25, 0.3) is 0 Å². The van der Waals surface area contributed by atoms with Gasteiger partial charge in [0.25, 0.3) is 0 Å². The van der Waals surface area contributed by atoms with Gasteiger partial charge in [-0.3, -0.25) is 4.79 Å². The molecular formula is C15H19FN2O3. The first-order valence-corrected chi connectivity index (χ1v) is 6.92. The maximum absolute atomic E-state index is 13.1. The first kappa shape index (κ1) is 15.3. The van der Waals surface area contributed by atoms with E-state index < -0.39 is 11.9 Å². The van der Waals surface area contributed by atoms with Crippen molar-refractivity contribution in [1.29, 1.82) is 0 Å². The van der Waals surface area contributed by atoms with E-state index >= 15 is 0 Å². The molecule has 1 saturated heterocycles. The van der Waals surface area contributed by atoms with Crippen LogP contribution in [-0.4, -0.2) is 35.1 Å². The van der Waals surface area contributed by atoms with Crippen LogP contribution >= 0.6 is 0 Å². The van der Waals surface area contributed by atoms with Gasteiger partial charge in [0.15, 0.2) is 0 Å². The maximum atomic E-state index is 13.1. The predicted molar refractivity (Wildman–Crippen MR) is 75.2 cm³/mol. The molecule has 2 unspecified atom stereocenters. The molecule has 0 aliphatic carbocycles. The van der Waals surface area contributed by atoms with Crippen LogP contribution in [-0.2, 0) is 4.79 Å². The van der Waals surface area contributed by atoms with Crippen molar-refractivity contribution >= 4 is 12.0 Å². The Bertz CT molecular complexity index is 543. The largest absolute Gasteiger partial charge is 0.481 e. The molecule has 1 aliphatic rings. The van der Waals surface area contributed by atoms with Gasteiger partial charge in [0.2, 0.25) is 0 Å². The molecule has 1 aliphatic heterocycles. The zero-order chi connectivity index (χ0) is 15.6. The molecule has 5 nitrogen and oxygen atoms in total. The van der Waals surface area contributed by atoms with E-state index in [1.807, 2.05) is 0 Å². The lowest BCUT2D eigenvalue weighted by molar-refractivity contribution is -0.144. The van der Waals surface area contributed by atoms with Gasteiger partial charge in [0.1, 0.15) is 5.82 Å². The van der Waals surface area contributed by atoms with Crippen molar-refractivity contribution in [2.75, 3.05) is 13.1 Å². The second-order valence-corrected chi connectivity index (χ2v) is 5.52. The molecule has 0 radical (unpaired) electrons. The number of benzene rings is 1. The summed E-state index contributed by atoms with van der Waals surface area (Å²) in [5.74, 6) is -1.63. The minimum Gasteiger partial charge on any atom is -0.481 e. The third-order valence-electron chi connectivity index (χ3n) is 3.98. The molecule has 0 spiro atoms. The Morgan fingerprint density at radius 3 is 2.62 bits per heavy atom. The first-order valence-electron chi connectivity index (χ1n) is 6.92.